The van der Waals surface area contributed by atoms with Crippen LogP contribution in [-0.4, -0.2) is 23.4 Å². The number of benzene rings is 8. The van der Waals surface area contributed by atoms with Gasteiger partial charge in [0.05, 0.1) is 19.8 Å². The van der Waals surface area contributed by atoms with Crippen molar-refractivity contribution in [3.05, 3.63) is 293 Å². The maximum absolute atomic E-state index is 5.43. The molecule has 0 amide bonds. The molecule has 0 bridgehead atoms. The molecule has 0 saturated heterocycles. The molecule has 3 aliphatic rings. The van der Waals surface area contributed by atoms with Crippen LogP contribution in [0.3, 0.4) is 0 Å². The van der Waals surface area contributed by atoms with Gasteiger partial charge < -0.3 is 18.9 Å². The van der Waals surface area contributed by atoms with Gasteiger partial charge in [0, 0.05) is 31.2 Å². The number of rotatable bonds is 5. The highest BCUT2D eigenvalue weighted by Crippen LogP contribution is 2.36. The fourth-order valence-corrected chi connectivity index (χ4v) is 10.6. The Balaban J connectivity index is 0.000000157. The van der Waals surface area contributed by atoms with Crippen LogP contribution in [-0.2, 0) is 51.4 Å². The van der Waals surface area contributed by atoms with E-state index in [9.17, 15) is 0 Å². The van der Waals surface area contributed by atoms with Gasteiger partial charge in [0.25, 0.3) is 0 Å². The van der Waals surface area contributed by atoms with Crippen LogP contribution in [0.4, 0.5) is 0 Å². The first kappa shape index (κ1) is 73.8. The molecule has 0 spiro atoms. The number of ether oxygens (including phenoxy) is 4. The van der Waals surface area contributed by atoms with Crippen LogP contribution in [0.15, 0.2) is 237 Å². The highest BCUT2D eigenvalue weighted by atomic mass is 16.7. The molecular formula is C89H108N2O4. The molecule has 10 aromatic rings. The van der Waals surface area contributed by atoms with Crippen molar-refractivity contribution in [2.45, 2.75) is 190 Å². The summed E-state index contributed by atoms with van der Waals surface area (Å²) in [6.45, 7) is 45.1. The third kappa shape index (κ3) is 23.1. The fourth-order valence-electron chi connectivity index (χ4n) is 10.6. The molecule has 0 fully saturated rings. The van der Waals surface area contributed by atoms with Crippen molar-refractivity contribution in [1.82, 2.24) is 9.97 Å². The van der Waals surface area contributed by atoms with Gasteiger partial charge in [-0.15, -0.1) is 0 Å². The Bertz CT molecular complexity index is 3600. The van der Waals surface area contributed by atoms with Crippen LogP contribution in [0.5, 0.6) is 17.2 Å². The number of fused-ring (bicyclic) bond motifs is 3. The molecule has 498 valence electrons. The highest BCUT2D eigenvalue weighted by molar-refractivity contribution is 5.65. The lowest BCUT2D eigenvalue weighted by Gasteiger charge is -2.19. The van der Waals surface area contributed by atoms with Gasteiger partial charge in [-0.2, -0.15) is 0 Å². The van der Waals surface area contributed by atoms with Crippen LogP contribution in [0.2, 0.25) is 0 Å². The lowest BCUT2D eigenvalue weighted by atomic mass is 9.85. The molecule has 2 aromatic heterocycles. The second kappa shape index (κ2) is 33.7. The van der Waals surface area contributed by atoms with E-state index in [-0.39, 0.29) is 21.7 Å². The van der Waals surface area contributed by atoms with E-state index in [4.69, 9.17) is 18.9 Å². The topological polar surface area (TPSA) is 62.7 Å². The molecule has 0 aliphatic carbocycles. The number of hydrogen-bond donors (Lipinski definition) is 0. The summed E-state index contributed by atoms with van der Waals surface area (Å²) in [5, 5.41) is 0. The monoisotopic (exact) mass is 1270 g/mol. The molecule has 13 rings (SSSR count). The van der Waals surface area contributed by atoms with Gasteiger partial charge in [-0.1, -0.05) is 307 Å². The van der Waals surface area contributed by atoms with Crippen molar-refractivity contribution < 1.29 is 18.9 Å². The first-order valence-corrected chi connectivity index (χ1v) is 34.0. The van der Waals surface area contributed by atoms with E-state index in [1.807, 2.05) is 55.0 Å². The summed E-state index contributed by atoms with van der Waals surface area (Å²) in [4.78, 5) is 8.16. The molecule has 0 unspecified atom stereocenters. The van der Waals surface area contributed by atoms with Gasteiger partial charge in [0.2, 0.25) is 6.79 Å². The SMILES string of the molecule is CC(C)(C)c1ccc(-c2ccccc2)cc1.CC(C)(C)c1ccc(-c2cccnc2)cc1.CC(C)(C)c1ccc(-c2ccncc2)cc1.CC(C)(C)c1ccc2c(c1)COC2.CC(C)(C)c1ccccc1.CC(C)c1ccc2c(c1)CCO2.CC(C)c1ccc2c(c1)OCO2. The van der Waals surface area contributed by atoms with Crippen LogP contribution < -0.4 is 14.2 Å². The van der Waals surface area contributed by atoms with Gasteiger partial charge in [-0.25, -0.2) is 0 Å². The van der Waals surface area contributed by atoms with Gasteiger partial charge in [0.1, 0.15) is 5.75 Å². The largest absolute Gasteiger partial charge is 0.493 e. The zero-order valence-corrected chi connectivity index (χ0v) is 60.7. The zero-order chi connectivity index (χ0) is 69.0. The molecule has 6 heteroatoms. The summed E-state index contributed by atoms with van der Waals surface area (Å²) in [6, 6.07) is 74.8. The third-order valence-electron chi connectivity index (χ3n) is 17.0. The van der Waals surface area contributed by atoms with Gasteiger partial charge in [-0.3, -0.25) is 9.97 Å². The Morgan fingerprint density at radius 1 is 0.305 bits per heavy atom. The van der Waals surface area contributed by atoms with Gasteiger partial charge in [0.15, 0.2) is 11.5 Å². The lowest BCUT2D eigenvalue weighted by Crippen LogP contribution is -2.11. The molecule has 0 atom stereocenters. The van der Waals surface area contributed by atoms with Crippen molar-refractivity contribution in [2.24, 2.45) is 0 Å². The molecule has 0 N–H and O–H groups in total. The number of aromatic nitrogens is 2. The van der Waals surface area contributed by atoms with E-state index in [0.717, 1.165) is 43.5 Å². The van der Waals surface area contributed by atoms with E-state index in [1.54, 1.807) is 6.20 Å². The average molecular weight is 1270 g/mol. The predicted octanol–water partition coefficient (Wildman–Crippen LogP) is 24.0. The van der Waals surface area contributed by atoms with Crippen LogP contribution in [0, 0.1) is 0 Å². The van der Waals surface area contributed by atoms with Crippen LogP contribution in [0.1, 0.15) is 199 Å². The third-order valence-corrected chi connectivity index (χ3v) is 17.0. The van der Waals surface area contributed by atoms with Crippen LogP contribution in [0.25, 0.3) is 33.4 Å². The van der Waals surface area contributed by atoms with E-state index < -0.39 is 0 Å². The van der Waals surface area contributed by atoms with Crippen molar-refractivity contribution >= 4 is 0 Å². The molecule has 3 aliphatic heterocycles. The number of hydrogen-bond acceptors (Lipinski definition) is 6. The quantitative estimate of drug-likeness (QED) is 0.171. The zero-order valence-electron chi connectivity index (χ0n) is 60.7. The van der Waals surface area contributed by atoms with Gasteiger partial charge >= 0.3 is 0 Å². The normalized spacial score (nSPS) is 12.8. The van der Waals surface area contributed by atoms with Crippen molar-refractivity contribution in [1.29, 1.82) is 0 Å². The summed E-state index contributed by atoms with van der Waals surface area (Å²) in [7, 11) is 0. The molecule has 8 aromatic carbocycles. The Labute approximate surface area is 572 Å². The standard InChI is InChI=1S/C16H18.2C15H17N.C12H16O.C11H14O.C10H12O2.C10H14/c1-16(2,3)15-11-9-14(10-12-15)13-7-5-4-6-8-13;1-15(2,3)14-6-4-12(5-7-14)13-8-10-16-11-9-13;1-15(2,3)14-8-6-12(7-9-14)13-5-4-10-16-11-13;1-12(2,3)11-5-4-9-7-13-8-10(9)6-11;1-8(2)9-3-4-11-10(7-9)5-6-12-11;1-7(2)8-3-4-9-10(5-8)12-6-11-9;1-10(2,3)9-7-5-4-6-8-9/h4-12H,1-3H3;2*4-11H,1-3H3;4-6H,7-8H2,1-3H3;3-4,7-8H,5-6H2,1-2H3;3-5,7H,6H2,1-2H3;4-8H,1-3H3. The summed E-state index contributed by atoms with van der Waals surface area (Å²) in [5.41, 5.74) is 22.3. The van der Waals surface area contributed by atoms with Gasteiger partial charge in [-0.05, 0) is 164 Å². The maximum atomic E-state index is 5.43. The minimum Gasteiger partial charge on any atom is -0.493 e. The van der Waals surface area contributed by atoms with Crippen LogP contribution >= 0.6 is 0 Å². The molecule has 0 radical (unpaired) electrons. The highest BCUT2D eigenvalue weighted by Gasteiger charge is 2.20. The Morgan fingerprint density at radius 3 is 1.19 bits per heavy atom. The molecule has 0 saturated carbocycles. The minimum atomic E-state index is 0.216. The Morgan fingerprint density at radius 2 is 0.716 bits per heavy atom. The smallest absolute Gasteiger partial charge is 0.231 e. The molecule has 6 nitrogen and oxygen atoms in total. The summed E-state index contributed by atoms with van der Waals surface area (Å²) in [6.07, 6.45) is 8.43. The Kier molecular flexibility index (Phi) is 26.2. The second-order valence-corrected chi connectivity index (χ2v) is 30.6. The number of nitrogens with zero attached hydrogens (tertiary/aromatic N) is 2. The number of pyridine rings is 2. The van der Waals surface area contributed by atoms with Crippen molar-refractivity contribution in [3.63, 3.8) is 0 Å². The summed E-state index contributed by atoms with van der Waals surface area (Å²) >= 11 is 0. The molecule has 5 heterocycles. The molecule has 95 heavy (non-hydrogen) atoms. The van der Waals surface area contributed by atoms with Crippen molar-refractivity contribution in [2.75, 3.05) is 13.4 Å². The molecular weight excluding hydrogens is 1160 g/mol. The minimum absolute atomic E-state index is 0.216. The predicted molar refractivity (Wildman–Crippen MR) is 402 cm³/mol. The summed E-state index contributed by atoms with van der Waals surface area (Å²) in [5.74, 6) is 3.98. The van der Waals surface area contributed by atoms with E-state index in [0.29, 0.717) is 24.0 Å². The first-order valence-electron chi connectivity index (χ1n) is 34.0. The van der Waals surface area contributed by atoms with E-state index in [1.165, 1.54) is 89.0 Å². The lowest BCUT2D eigenvalue weighted by molar-refractivity contribution is 0.134. The first-order chi connectivity index (χ1) is 44.9. The van der Waals surface area contributed by atoms with E-state index in [2.05, 4.69) is 317 Å². The van der Waals surface area contributed by atoms with Crippen molar-refractivity contribution in [3.8, 4) is 50.6 Å². The maximum Gasteiger partial charge on any atom is 0.231 e. The average Bonchev–Trinajstić information content (AvgIpc) is 1.98. The summed E-state index contributed by atoms with van der Waals surface area (Å²) < 4.78 is 21.3. The van der Waals surface area contributed by atoms with E-state index >= 15 is 0 Å². The fraction of sp³-hybridized carbons (Fsp3) is 0.348. The second-order valence-electron chi connectivity index (χ2n) is 30.6. The Hall–Kier alpha value is -8.58.